The number of hydrogen-bond donors (Lipinski definition) is 1. The zero-order valence-corrected chi connectivity index (χ0v) is 16.8. The Hall–Kier alpha value is -3.08. The van der Waals surface area contributed by atoms with Crippen molar-refractivity contribution in [3.8, 4) is 5.75 Å². The zero-order valence-electron chi connectivity index (χ0n) is 16.8. The normalized spacial score (nSPS) is 11.9. The van der Waals surface area contributed by atoms with Gasteiger partial charge in [-0.1, -0.05) is 36.3 Å². The molecule has 1 N–H and O–H groups in total. The number of hydrogen-bond acceptors (Lipinski definition) is 4. The highest BCUT2D eigenvalue weighted by atomic mass is 16.5. The molecule has 0 saturated carbocycles. The summed E-state index contributed by atoms with van der Waals surface area (Å²) in [6.45, 7) is 8.25. The van der Waals surface area contributed by atoms with E-state index in [1.165, 1.54) is 5.56 Å². The van der Waals surface area contributed by atoms with E-state index in [2.05, 4.69) is 41.7 Å². The third-order valence-corrected chi connectivity index (χ3v) is 4.92. The van der Waals surface area contributed by atoms with Gasteiger partial charge in [-0.15, -0.1) is 0 Å². The second-order valence-electron chi connectivity index (χ2n) is 6.91. The molecule has 1 aromatic heterocycles. The third-order valence-electron chi connectivity index (χ3n) is 4.92. The van der Waals surface area contributed by atoms with E-state index in [1.54, 1.807) is 24.3 Å². The second kappa shape index (κ2) is 8.74. The standard InChI is InChI=1S/C23H26N2O3/c1-5-18-6-8-19(9-7-18)15(2)24-23(26)20-10-12-21(13-11-20)27-14-22-16(3)25-28-17(22)4/h6-13,15H,5,14H2,1-4H3,(H,24,26). The number of amides is 1. The van der Waals surface area contributed by atoms with Crippen molar-refractivity contribution in [2.24, 2.45) is 0 Å². The monoisotopic (exact) mass is 378 g/mol. The van der Waals surface area contributed by atoms with Gasteiger partial charge in [-0.25, -0.2) is 0 Å². The molecular weight excluding hydrogens is 352 g/mol. The minimum atomic E-state index is -0.107. The number of nitrogens with zero attached hydrogens (tertiary/aromatic N) is 1. The molecule has 0 aliphatic carbocycles. The van der Waals surface area contributed by atoms with E-state index < -0.39 is 0 Å². The summed E-state index contributed by atoms with van der Waals surface area (Å²) in [4.78, 5) is 12.5. The molecule has 3 aromatic rings. The van der Waals surface area contributed by atoms with E-state index in [4.69, 9.17) is 9.26 Å². The highest BCUT2D eigenvalue weighted by molar-refractivity contribution is 5.94. The maximum Gasteiger partial charge on any atom is 0.251 e. The average molecular weight is 378 g/mol. The molecule has 5 nitrogen and oxygen atoms in total. The predicted molar refractivity (Wildman–Crippen MR) is 108 cm³/mol. The minimum Gasteiger partial charge on any atom is -0.489 e. The van der Waals surface area contributed by atoms with Crippen molar-refractivity contribution in [2.75, 3.05) is 0 Å². The van der Waals surface area contributed by atoms with Crippen LogP contribution in [0.1, 0.15) is 58.4 Å². The van der Waals surface area contributed by atoms with Gasteiger partial charge in [0.25, 0.3) is 5.91 Å². The molecule has 0 aliphatic heterocycles. The van der Waals surface area contributed by atoms with Crippen LogP contribution in [0.2, 0.25) is 0 Å². The summed E-state index contributed by atoms with van der Waals surface area (Å²) in [5.74, 6) is 1.35. The largest absolute Gasteiger partial charge is 0.489 e. The number of ether oxygens (including phenoxy) is 1. The molecule has 0 fully saturated rings. The highest BCUT2D eigenvalue weighted by Crippen LogP contribution is 2.19. The van der Waals surface area contributed by atoms with Crippen LogP contribution >= 0.6 is 0 Å². The van der Waals surface area contributed by atoms with Crippen molar-refractivity contribution in [3.63, 3.8) is 0 Å². The zero-order chi connectivity index (χ0) is 20.1. The van der Waals surface area contributed by atoms with Crippen molar-refractivity contribution < 1.29 is 14.1 Å². The Labute approximate surface area is 165 Å². The van der Waals surface area contributed by atoms with E-state index in [-0.39, 0.29) is 11.9 Å². The molecule has 0 radical (unpaired) electrons. The molecule has 1 unspecified atom stereocenters. The van der Waals surface area contributed by atoms with Gasteiger partial charge >= 0.3 is 0 Å². The molecular formula is C23H26N2O3. The average Bonchev–Trinajstić information content (AvgIpc) is 3.04. The Bertz CT molecular complexity index is 908. The SMILES string of the molecule is CCc1ccc(C(C)NC(=O)c2ccc(OCc3c(C)noc3C)cc2)cc1. The van der Waals surface area contributed by atoms with Crippen molar-refractivity contribution in [2.45, 2.75) is 46.8 Å². The Morgan fingerprint density at radius 1 is 1.11 bits per heavy atom. The molecule has 0 aliphatic rings. The molecule has 1 heterocycles. The number of aromatic nitrogens is 1. The number of rotatable bonds is 7. The number of aryl methyl sites for hydroxylation is 3. The maximum absolute atomic E-state index is 12.5. The van der Waals surface area contributed by atoms with Crippen LogP contribution < -0.4 is 10.1 Å². The smallest absolute Gasteiger partial charge is 0.251 e. The summed E-state index contributed by atoms with van der Waals surface area (Å²) in [7, 11) is 0. The number of carbonyl (C=O) groups is 1. The highest BCUT2D eigenvalue weighted by Gasteiger charge is 2.13. The van der Waals surface area contributed by atoms with Crippen molar-refractivity contribution in [1.29, 1.82) is 0 Å². The molecule has 0 bridgehead atoms. The first-order valence-electron chi connectivity index (χ1n) is 9.52. The van der Waals surface area contributed by atoms with Gasteiger partial charge in [-0.2, -0.15) is 0 Å². The van der Waals surface area contributed by atoms with Gasteiger partial charge in [0.05, 0.1) is 17.3 Å². The fourth-order valence-corrected chi connectivity index (χ4v) is 2.97. The van der Waals surface area contributed by atoms with Crippen LogP contribution in [0.4, 0.5) is 0 Å². The van der Waals surface area contributed by atoms with E-state index in [0.29, 0.717) is 17.9 Å². The number of benzene rings is 2. The first-order chi connectivity index (χ1) is 13.5. The quantitative estimate of drug-likeness (QED) is 0.633. The number of carbonyl (C=O) groups excluding carboxylic acids is 1. The van der Waals surface area contributed by atoms with Crippen LogP contribution in [0.3, 0.4) is 0 Å². The van der Waals surface area contributed by atoms with Gasteiger partial charge in [0, 0.05) is 5.56 Å². The van der Waals surface area contributed by atoms with E-state index >= 15 is 0 Å². The van der Waals surface area contributed by atoms with Crippen LogP contribution in [0.25, 0.3) is 0 Å². The molecule has 28 heavy (non-hydrogen) atoms. The molecule has 5 heteroatoms. The Kier molecular flexibility index (Phi) is 6.14. The van der Waals surface area contributed by atoms with Crippen LogP contribution in [0, 0.1) is 13.8 Å². The van der Waals surface area contributed by atoms with Crippen molar-refractivity contribution >= 4 is 5.91 Å². The van der Waals surface area contributed by atoms with Crippen LogP contribution in [-0.4, -0.2) is 11.1 Å². The molecule has 1 amide bonds. The lowest BCUT2D eigenvalue weighted by Crippen LogP contribution is -2.26. The lowest BCUT2D eigenvalue weighted by atomic mass is 10.0. The molecule has 1 atom stereocenters. The Morgan fingerprint density at radius 3 is 2.36 bits per heavy atom. The number of nitrogens with one attached hydrogen (secondary N) is 1. The minimum absolute atomic E-state index is 0.0612. The van der Waals surface area contributed by atoms with Crippen LogP contribution in [-0.2, 0) is 13.0 Å². The van der Waals surface area contributed by atoms with Gasteiger partial charge in [0.1, 0.15) is 18.1 Å². The third kappa shape index (κ3) is 4.60. The lowest BCUT2D eigenvalue weighted by molar-refractivity contribution is 0.0940. The van der Waals surface area contributed by atoms with Gasteiger partial charge < -0.3 is 14.6 Å². The summed E-state index contributed by atoms with van der Waals surface area (Å²) in [5.41, 5.74) is 4.75. The molecule has 2 aromatic carbocycles. The van der Waals surface area contributed by atoms with E-state index in [0.717, 1.165) is 29.0 Å². The van der Waals surface area contributed by atoms with Crippen LogP contribution in [0.5, 0.6) is 5.75 Å². The molecule has 3 rings (SSSR count). The first-order valence-corrected chi connectivity index (χ1v) is 9.52. The fraction of sp³-hybridized carbons (Fsp3) is 0.304. The Balaban J connectivity index is 1.58. The van der Waals surface area contributed by atoms with Crippen LogP contribution in [0.15, 0.2) is 53.1 Å². The lowest BCUT2D eigenvalue weighted by Gasteiger charge is -2.15. The first kappa shape index (κ1) is 19.7. The van der Waals surface area contributed by atoms with Gasteiger partial charge in [0.2, 0.25) is 0 Å². The summed E-state index contributed by atoms with van der Waals surface area (Å²) in [6, 6.07) is 15.4. The topological polar surface area (TPSA) is 64.4 Å². The molecule has 146 valence electrons. The van der Waals surface area contributed by atoms with Crippen molar-refractivity contribution in [3.05, 3.63) is 82.2 Å². The van der Waals surface area contributed by atoms with Gasteiger partial charge in [-0.05, 0) is 62.6 Å². The van der Waals surface area contributed by atoms with Gasteiger partial charge in [-0.3, -0.25) is 4.79 Å². The molecule has 0 spiro atoms. The summed E-state index contributed by atoms with van der Waals surface area (Å²) in [5, 5.41) is 6.96. The predicted octanol–water partition coefficient (Wildman–Crippen LogP) is 4.92. The molecule has 0 saturated heterocycles. The van der Waals surface area contributed by atoms with E-state index in [9.17, 15) is 4.79 Å². The fourth-order valence-electron chi connectivity index (χ4n) is 2.97. The summed E-state index contributed by atoms with van der Waals surface area (Å²) < 4.78 is 10.9. The van der Waals surface area contributed by atoms with E-state index in [1.807, 2.05) is 20.8 Å². The van der Waals surface area contributed by atoms with Crippen molar-refractivity contribution in [1.82, 2.24) is 10.5 Å². The van der Waals surface area contributed by atoms with Gasteiger partial charge in [0.15, 0.2) is 0 Å². The maximum atomic E-state index is 12.5. The summed E-state index contributed by atoms with van der Waals surface area (Å²) >= 11 is 0. The Morgan fingerprint density at radius 2 is 1.79 bits per heavy atom. The summed E-state index contributed by atoms with van der Waals surface area (Å²) in [6.07, 6.45) is 1.01. The second-order valence-corrected chi connectivity index (χ2v) is 6.91.